The van der Waals surface area contributed by atoms with Gasteiger partial charge in [0, 0.05) is 0 Å². The lowest BCUT2D eigenvalue weighted by Crippen LogP contribution is -1.92. The van der Waals surface area contributed by atoms with Crippen molar-refractivity contribution in [3.05, 3.63) is 58.1 Å². The minimum atomic E-state index is 1.10. The van der Waals surface area contributed by atoms with Gasteiger partial charge in [-0.05, 0) is 73.1 Å². The first-order chi connectivity index (χ1) is 8.52. The average Bonchev–Trinajstić information content (AvgIpc) is 2.35. The third kappa shape index (κ3) is 2.33. The summed E-state index contributed by atoms with van der Waals surface area (Å²) < 4.78 is 0. The molecule has 0 saturated carbocycles. The molecular weight excluding hydrogens is 216 g/mol. The summed E-state index contributed by atoms with van der Waals surface area (Å²) in [6.45, 7) is 11.0. The molecule has 0 spiro atoms. The molecule has 0 saturated heterocycles. The second-order valence-electron chi connectivity index (χ2n) is 5.25. The number of hydrogen-bond acceptors (Lipinski definition) is 0. The largest absolute Gasteiger partial charge is 0.0613 e. The van der Waals surface area contributed by atoms with Crippen LogP contribution in [0.2, 0.25) is 0 Å². The van der Waals surface area contributed by atoms with Crippen molar-refractivity contribution in [1.82, 2.24) is 0 Å². The van der Waals surface area contributed by atoms with Crippen molar-refractivity contribution < 1.29 is 0 Å². The number of benzene rings is 2. The van der Waals surface area contributed by atoms with Crippen LogP contribution in [0, 0.1) is 27.7 Å². The molecule has 94 valence electrons. The van der Waals surface area contributed by atoms with Crippen molar-refractivity contribution in [3.63, 3.8) is 0 Å². The fourth-order valence-corrected chi connectivity index (χ4v) is 2.49. The highest BCUT2D eigenvalue weighted by Crippen LogP contribution is 2.28. The zero-order valence-corrected chi connectivity index (χ0v) is 12.1. The highest BCUT2D eigenvalue weighted by Gasteiger charge is 2.06. The molecule has 0 radical (unpaired) electrons. The molecule has 0 heterocycles. The number of rotatable bonds is 2. The lowest BCUT2D eigenvalue weighted by molar-refractivity contribution is 1.11. The summed E-state index contributed by atoms with van der Waals surface area (Å²) in [7, 11) is 0. The van der Waals surface area contributed by atoms with E-state index in [9.17, 15) is 0 Å². The molecule has 0 unspecified atom stereocenters. The van der Waals surface area contributed by atoms with E-state index in [0.29, 0.717) is 0 Å². The van der Waals surface area contributed by atoms with Gasteiger partial charge in [-0.3, -0.25) is 0 Å². The average molecular weight is 238 g/mol. The number of aryl methyl sites for hydroxylation is 5. The highest BCUT2D eigenvalue weighted by atomic mass is 14.1. The van der Waals surface area contributed by atoms with E-state index in [1.54, 1.807) is 0 Å². The smallest absolute Gasteiger partial charge is 0.0152 e. The molecule has 2 aromatic carbocycles. The Bertz CT molecular complexity index is 577. The van der Waals surface area contributed by atoms with Crippen LogP contribution in [0.5, 0.6) is 0 Å². The van der Waals surface area contributed by atoms with Crippen molar-refractivity contribution >= 4 is 0 Å². The standard InChI is InChI=1S/C18H22/c1-6-16-11-17(8-7-12(16)2)18-10-14(4)13(3)9-15(18)5/h7-11H,6H2,1-5H3. The van der Waals surface area contributed by atoms with E-state index in [4.69, 9.17) is 0 Å². The van der Waals surface area contributed by atoms with Gasteiger partial charge in [0.25, 0.3) is 0 Å². The second kappa shape index (κ2) is 4.97. The van der Waals surface area contributed by atoms with Crippen LogP contribution in [0.4, 0.5) is 0 Å². The molecule has 0 aliphatic heterocycles. The molecule has 0 aliphatic rings. The molecule has 0 heteroatoms. The van der Waals surface area contributed by atoms with E-state index in [1.165, 1.54) is 38.9 Å². The Kier molecular flexibility index (Phi) is 3.56. The quantitative estimate of drug-likeness (QED) is 0.678. The van der Waals surface area contributed by atoms with Crippen molar-refractivity contribution in [1.29, 1.82) is 0 Å². The Balaban J connectivity index is 2.58. The number of hydrogen-bond donors (Lipinski definition) is 0. The van der Waals surface area contributed by atoms with Crippen LogP contribution in [0.15, 0.2) is 30.3 Å². The molecule has 0 N–H and O–H groups in total. The van der Waals surface area contributed by atoms with Gasteiger partial charge >= 0.3 is 0 Å². The zero-order chi connectivity index (χ0) is 13.3. The lowest BCUT2D eigenvalue weighted by atomic mass is 9.93. The Labute approximate surface area is 111 Å². The van der Waals surface area contributed by atoms with Gasteiger partial charge in [0.15, 0.2) is 0 Å². The predicted molar refractivity (Wildman–Crippen MR) is 80.2 cm³/mol. The maximum atomic E-state index is 2.34. The maximum Gasteiger partial charge on any atom is -0.0152 e. The third-order valence-corrected chi connectivity index (χ3v) is 3.88. The van der Waals surface area contributed by atoms with Crippen LogP contribution in [0.1, 0.15) is 34.7 Å². The van der Waals surface area contributed by atoms with Crippen LogP contribution in [-0.4, -0.2) is 0 Å². The van der Waals surface area contributed by atoms with Crippen LogP contribution >= 0.6 is 0 Å². The minimum absolute atomic E-state index is 1.10. The summed E-state index contributed by atoms with van der Waals surface area (Å²) in [5.74, 6) is 0. The van der Waals surface area contributed by atoms with Gasteiger partial charge < -0.3 is 0 Å². The first-order valence-electron chi connectivity index (χ1n) is 6.70. The van der Waals surface area contributed by atoms with Gasteiger partial charge in [0.05, 0.1) is 0 Å². The van der Waals surface area contributed by atoms with E-state index in [-0.39, 0.29) is 0 Å². The summed E-state index contributed by atoms with van der Waals surface area (Å²) in [5, 5.41) is 0. The third-order valence-electron chi connectivity index (χ3n) is 3.88. The van der Waals surface area contributed by atoms with Gasteiger partial charge in [-0.15, -0.1) is 0 Å². The van der Waals surface area contributed by atoms with Gasteiger partial charge in [-0.25, -0.2) is 0 Å². The first-order valence-corrected chi connectivity index (χ1v) is 6.70. The fraction of sp³-hybridized carbons (Fsp3) is 0.333. The Morgan fingerprint density at radius 2 is 1.39 bits per heavy atom. The Morgan fingerprint density at radius 3 is 2.06 bits per heavy atom. The highest BCUT2D eigenvalue weighted by molar-refractivity contribution is 5.69. The summed E-state index contributed by atoms with van der Waals surface area (Å²) in [6, 6.07) is 11.4. The molecule has 0 atom stereocenters. The van der Waals surface area contributed by atoms with Crippen LogP contribution in [0.3, 0.4) is 0 Å². The van der Waals surface area contributed by atoms with E-state index < -0.39 is 0 Å². The Morgan fingerprint density at radius 1 is 0.722 bits per heavy atom. The molecule has 0 amide bonds. The van der Waals surface area contributed by atoms with E-state index in [1.807, 2.05) is 0 Å². The molecule has 0 aliphatic carbocycles. The second-order valence-corrected chi connectivity index (χ2v) is 5.25. The minimum Gasteiger partial charge on any atom is -0.0613 e. The molecule has 0 nitrogen and oxygen atoms in total. The summed E-state index contributed by atoms with van der Waals surface area (Å²) in [6.07, 6.45) is 1.10. The molecule has 18 heavy (non-hydrogen) atoms. The van der Waals surface area contributed by atoms with Gasteiger partial charge in [0.2, 0.25) is 0 Å². The molecule has 0 bridgehead atoms. The molecule has 0 aromatic heterocycles. The molecular formula is C18H22. The van der Waals surface area contributed by atoms with Gasteiger partial charge in [0.1, 0.15) is 0 Å². The monoisotopic (exact) mass is 238 g/mol. The summed E-state index contributed by atoms with van der Waals surface area (Å²) in [4.78, 5) is 0. The van der Waals surface area contributed by atoms with Gasteiger partial charge in [-0.2, -0.15) is 0 Å². The van der Waals surface area contributed by atoms with E-state index in [0.717, 1.165) is 6.42 Å². The topological polar surface area (TPSA) is 0 Å². The van der Waals surface area contributed by atoms with Crippen LogP contribution in [-0.2, 0) is 6.42 Å². The fourth-order valence-electron chi connectivity index (χ4n) is 2.49. The van der Waals surface area contributed by atoms with Crippen LogP contribution < -0.4 is 0 Å². The lowest BCUT2D eigenvalue weighted by Gasteiger charge is -2.12. The molecule has 2 aromatic rings. The zero-order valence-electron chi connectivity index (χ0n) is 12.1. The van der Waals surface area contributed by atoms with Crippen LogP contribution in [0.25, 0.3) is 11.1 Å². The van der Waals surface area contributed by atoms with E-state index in [2.05, 4.69) is 65.0 Å². The van der Waals surface area contributed by atoms with Crippen molar-refractivity contribution in [3.8, 4) is 11.1 Å². The van der Waals surface area contributed by atoms with Crippen molar-refractivity contribution in [2.45, 2.75) is 41.0 Å². The van der Waals surface area contributed by atoms with Crippen molar-refractivity contribution in [2.24, 2.45) is 0 Å². The molecule has 0 fully saturated rings. The van der Waals surface area contributed by atoms with Crippen molar-refractivity contribution in [2.75, 3.05) is 0 Å². The maximum absolute atomic E-state index is 2.34. The first kappa shape index (κ1) is 12.9. The summed E-state index contributed by atoms with van der Waals surface area (Å²) >= 11 is 0. The Hall–Kier alpha value is -1.56. The SMILES string of the molecule is CCc1cc(-c2cc(C)c(C)cc2C)ccc1C. The predicted octanol–water partition coefficient (Wildman–Crippen LogP) is 5.15. The molecule has 2 rings (SSSR count). The van der Waals surface area contributed by atoms with Gasteiger partial charge in [-0.1, -0.05) is 37.3 Å². The summed E-state index contributed by atoms with van der Waals surface area (Å²) in [5.41, 5.74) is 9.66. The van der Waals surface area contributed by atoms with E-state index >= 15 is 0 Å². The normalized spacial score (nSPS) is 10.7.